The molecule has 0 unspecified atom stereocenters. The lowest BCUT2D eigenvalue weighted by atomic mass is 10.2. The van der Waals surface area contributed by atoms with Crippen LogP contribution in [0.2, 0.25) is 10.0 Å². The number of rotatable bonds is 8. The summed E-state index contributed by atoms with van der Waals surface area (Å²) in [4.78, 5) is 38.1. The van der Waals surface area contributed by atoms with Crippen molar-refractivity contribution in [1.82, 2.24) is 5.43 Å². The summed E-state index contributed by atoms with van der Waals surface area (Å²) < 4.78 is 7.12. The number of fused-ring (bicyclic) bond motifs is 1. The lowest BCUT2D eigenvalue weighted by Crippen LogP contribution is -2.18. The van der Waals surface area contributed by atoms with E-state index in [1.54, 1.807) is 66.7 Å². The maximum Gasteiger partial charge on any atom is 0.355 e. The van der Waals surface area contributed by atoms with Crippen molar-refractivity contribution in [3.05, 3.63) is 133 Å². The second-order valence-corrected chi connectivity index (χ2v) is 11.7. The molecule has 2 amide bonds. The zero-order valence-corrected chi connectivity index (χ0v) is 25.9. The topological polar surface area (TPSA) is 96.9 Å². The monoisotopic (exact) mass is 691 g/mol. The van der Waals surface area contributed by atoms with Crippen LogP contribution >= 0.6 is 50.5 Å². The summed E-state index contributed by atoms with van der Waals surface area (Å²) in [6.07, 6.45) is 4.51. The summed E-state index contributed by atoms with van der Waals surface area (Å²) in [5.41, 5.74) is 4.66. The molecule has 43 heavy (non-hydrogen) atoms. The number of halogens is 3. The minimum atomic E-state index is -0.633. The van der Waals surface area contributed by atoms with E-state index in [9.17, 15) is 14.4 Å². The van der Waals surface area contributed by atoms with Crippen LogP contribution in [-0.2, 0) is 4.79 Å². The highest BCUT2D eigenvalue weighted by Crippen LogP contribution is 2.37. The molecule has 5 aromatic rings. The van der Waals surface area contributed by atoms with E-state index in [-0.39, 0.29) is 21.6 Å². The first kappa shape index (κ1) is 30.2. The molecule has 0 fully saturated rings. The van der Waals surface area contributed by atoms with Crippen molar-refractivity contribution in [2.45, 2.75) is 0 Å². The molecule has 5 rings (SSSR count). The van der Waals surface area contributed by atoms with E-state index in [0.717, 1.165) is 10.3 Å². The summed E-state index contributed by atoms with van der Waals surface area (Å²) in [7, 11) is 0. The van der Waals surface area contributed by atoms with E-state index in [4.69, 9.17) is 27.9 Å². The van der Waals surface area contributed by atoms with Gasteiger partial charge in [-0.2, -0.15) is 5.10 Å². The van der Waals surface area contributed by atoms with E-state index in [1.165, 1.54) is 23.6 Å². The number of anilines is 1. The minimum absolute atomic E-state index is 0.221. The third kappa shape index (κ3) is 7.77. The molecule has 0 atom stereocenters. The first-order chi connectivity index (χ1) is 20.8. The summed E-state index contributed by atoms with van der Waals surface area (Å²) in [6.45, 7) is 0. The molecule has 0 radical (unpaired) electrons. The second-order valence-electron chi connectivity index (χ2n) is 8.97. The molecule has 1 heterocycles. The molecule has 0 saturated heterocycles. The van der Waals surface area contributed by atoms with Crippen molar-refractivity contribution in [2.75, 3.05) is 5.32 Å². The maximum absolute atomic E-state index is 13.0. The van der Waals surface area contributed by atoms with Crippen LogP contribution in [0, 0.1) is 0 Å². The molecule has 1 aromatic heterocycles. The third-order valence-electron chi connectivity index (χ3n) is 5.96. The molecular weight excluding hydrogens is 673 g/mol. The number of hydrazone groups is 1. The van der Waals surface area contributed by atoms with Crippen LogP contribution < -0.4 is 15.5 Å². The number of amides is 2. The van der Waals surface area contributed by atoms with Gasteiger partial charge in [-0.05, 0) is 66.2 Å². The van der Waals surface area contributed by atoms with Gasteiger partial charge in [0.15, 0.2) is 0 Å². The van der Waals surface area contributed by atoms with Gasteiger partial charge in [0.05, 0.1) is 11.2 Å². The lowest BCUT2D eigenvalue weighted by Gasteiger charge is -2.08. The molecule has 0 aliphatic rings. The number of nitrogens with one attached hydrogen (secondary N) is 2. The van der Waals surface area contributed by atoms with E-state index in [0.29, 0.717) is 31.7 Å². The fourth-order valence-electron chi connectivity index (χ4n) is 3.88. The standard InChI is InChI=1S/C32H20BrCl2N3O4S/c33-22-9-14-26(42-32(41)30-29(35)25-13-10-23(34)17-27(25)43-30)21(16-22)18-36-38-31(40)20-7-11-24(12-8-20)37-28(39)15-6-19-4-2-1-3-5-19/h1-18H,(H,37,39)(H,38,40)/b15-6+,36-18-. The molecule has 0 saturated carbocycles. The Balaban J connectivity index is 1.21. The molecule has 7 nitrogen and oxygen atoms in total. The Hall–Kier alpha value is -4.28. The average molecular weight is 693 g/mol. The van der Waals surface area contributed by atoms with Crippen LogP contribution in [-0.4, -0.2) is 24.0 Å². The van der Waals surface area contributed by atoms with Crippen LogP contribution in [0.25, 0.3) is 16.2 Å². The van der Waals surface area contributed by atoms with Gasteiger partial charge in [0.25, 0.3) is 5.91 Å². The molecule has 0 bridgehead atoms. The highest BCUT2D eigenvalue weighted by atomic mass is 79.9. The van der Waals surface area contributed by atoms with Gasteiger partial charge in [0, 0.05) is 42.5 Å². The Labute approximate surface area is 268 Å². The molecule has 214 valence electrons. The first-order valence-electron chi connectivity index (χ1n) is 12.6. The summed E-state index contributed by atoms with van der Waals surface area (Å²) >= 11 is 17.1. The quantitative estimate of drug-likeness (QED) is 0.0560. The SMILES string of the molecule is O=C(/C=C/c1ccccc1)Nc1ccc(C(=O)N/N=C\c2cc(Br)ccc2OC(=O)c2sc3cc(Cl)ccc3c2Cl)cc1. The van der Waals surface area contributed by atoms with E-state index in [2.05, 4.69) is 31.8 Å². The maximum atomic E-state index is 13.0. The predicted molar refractivity (Wildman–Crippen MR) is 177 cm³/mol. The first-order valence-corrected chi connectivity index (χ1v) is 15.0. The number of esters is 1. The van der Waals surface area contributed by atoms with Crippen molar-refractivity contribution in [3.63, 3.8) is 0 Å². The van der Waals surface area contributed by atoms with Gasteiger partial charge in [-0.1, -0.05) is 75.5 Å². The number of ether oxygens (including phenoxy) is 1. The van der Waals surface area contributed by atoms with Gasteiger partial charge < -0.3 is 10.1 Å². The van der Waals surface area contributed by atoms with Gasteiger partial charge in [0.2, 0.25) is 5.91 Å². The van der Waals surface area contributed by atoms with E-state index in [1.807, 2.05) is 30.3 Å². The molecule has 0 aliphatic carbocycles. The average Bonchev–Trinajstić information content (AvgIpc) is 3.33. The van der Waals surface area contributed by atoms with Gasteiger partial charge in [-0.25, -0.2) is 10.2 Å². The van der Waals surface area contributed by atoms with Gasteiger partial charge in [-0.15, -0.1) is 11.3 Å². The number of carbonyl (C=O) groups excluding carboxylic acids is 3. The van der Waals surface area contributed by atoms with Crippen LogP contribution in [0.3, 0.4) is 0 Å². The smallest absolute Gasteiger partial charge is 0.355 e. The van der Waals surface area contributed by atoms with E-state index >= 15 is 0 Å². The number of benzene rings is 4. The minimum Gasteiger partial charge on any atom is -0.422 e. The molecule has 0 spiro atoms. The van der Waals surface area contributed by atoms with Crippen LogP contribution in [0.15, 0.2) is 107 Å². The zero-order valence-electron chi connectivity index (χ0n) is 22.0. The summed E-state index contributed by atoms with van der Waals surface area (Å²) in [5.74, 6) is -1.18. The van der Waals surface area contributed by atoms with Gasteiger partial charge in [0.1, 0.15) is 10.6 Å². The number of hydrogen-bond donors (Lipinski definition) is 2. The Morgan fingerprint density at radius 1 is 0.907 bits per heavy atom. The molecular formula is C32H20BrCl2N3O4S. The van der Waals surface area contributed by atoms with Crippen molar-refractivity contribution >= 4 is 96.3 Å². The fraction of sp³-hybridized carbons (Fsp3) is 0. The highest BCUT2D eigenvalue weighted by Gasteiger charge is 2.20. The molecule has 0 aliphatic heterocycles. The number of thiophene rings is 1. The Morgan fingerprint density at radius 2 is 1.67 bits per heavy atom. The Bertz CT molecular complexity index is 1890. The van der Waals surface area contributed by atoms with Crippen molar-refractivity contribution in [2.24, 2.45) is 5.10 Å². The van der Waals surface area contributed by atoms with Gasteiger partial charge >= 0.3 is 5.97 Å². The van der Waals surface area contributed by atoms with Crippen LogP contribution in [0.1, 0.15) is 31.2 Å². The molecule has 11 heteroatoms. The number of nitrogens with zero attached hydrogens (tertiary/aromatic N) is 1. The zero-order chi connectivity index (χ0) is 30.3. The third-order valence-corrected chi connectivity index (χ3v) is 8.33. The predicted octanol–water partition coefficient (Wildman–Crippen LogP) is 8.61. The van der Waals surface area contributed by atoms with E-state index < -0.39 is 11.9 Å². The molecule has 4 aromatic carbocycles. The number of hydrogen-bond acceptors (Lipinski definition) is 6. The van der Waals surface area contributed by atoms with Crippen molar-refractivity contribution in [1.29, 1.82) is 0 Å². The summed E-state index contributed by atoms with van der Waals surface area (Å²) in [6, 6.07) is 26.0. The van der Waals surface area contributed by atoms with Gasteiger partial charge in [-0.3, -0.25) is 9.59 Å². The second kappa shape index (κ2) is 13.8. The molecule has 2 N–H and O–H groups in total. The Morgan fingerprint density at radius 3 is 2.44 bits per heavy atom. The Kier molecular flexibility index (Phi) is 9.68. The lowest BCUT2D eigenvalue weighted by molar-refractivity contribution is -0.111. The van der Waals surface area contributed by atoms with Crippen molar-refractivity contribution in [3.8, 4) is 5.75 Å². The van der Waals surface area contributed by atoms with Crippen molar-refractivity contribution < 1.29 is 19.1 Å². The fourth-order valence-corrected chi connectivity index (χ4v) is 5.92. The van der Waals surface area contributed by atoms with Crippen LogP contribution in [0.5, 0.6) is 5.75 Å². The normalized spacial score (nSPS) is 11.2. The largest absolute Gasteiger partial charge is 0.422 e. The number of carbonyl (C=O) groups is 3. The summed E-state index contributed by atoms with van der Waals surface area (Å²) in [5, 5.41) is 8.31. The van der Waals surface area contributed by atoms with Crippen LogP contribution in [0.4, 0.5) is 5.69 Å². The highest BCUT2D eigenvalue weighted by molar-refractivity contribution is 9.10.